The molecular formula is C23H24N2O5S. The number of rotatable bonds is 8. The number of carboxylic acids is 1. The quantitative estimate of drug-likeness (QED) is 0.591. The second kappa shape index (κ2) is 10.2. The van der Waals surface area contributed by atoms with Crippen LogP contribution in [-0.4, -0.2) is 35.4 Å². The number of carbonyl (C=O) groups excluding carboxylic acids is 1. The third-order valence-corrected chi connectivity index (χ3v) is 5.54. The lowest BCUT2D eigenvalue weighted by Gasteiger charge is -2.16. The van der Waals surface area contributed by atoms with Gasteiger partial charge in [-0.25, -0.2) is 9.79 Å². The van der Waals surface area contributed by atoms with Gasteiger partial charge < -0.3 is 19.9 Å². The Bertz CT molecular complexity index is 1030. The largest absolute Gasteiger partial charge is 0.493 e. The van der Waals surface area contributed by atoms with Crippen molar-refractivity contribution in [2.45, 2.75) is 32.8 Å². The minimum Gasteiger partial charge on any atom is -0.493 e. The van der Waals surface area contributed by atoms with Crippen LogP contribution in [0.4, 0.5) is 5.69 Å². The van der Waals surface area contributed by atoms with E-state index in [1.54, 1.807) is 31.2 Å². The molecule has 1 aliphatic heterocycles. The number of thioether (sulfide) groups is 1. The molecule has 3 rings (SSSR count). The van der Waals surface area contributed by atoms with Crippen molar-refractivity contribution in [2.75, 3.05) is 7.11 Å². The number of aliphatic carboxylic acids is 1. The van der Waals surface area contributed by atoms with Crippen molar-refractivity contribution in [3.8, 4) is 11.5 Å². The molecule has 0 radical (unpaired) electrons. The number of benzene rings is 2. The molecule has 1 unspecified atom stereocenters. The number of nitrogens with one attached hydrogen (secondary N) is 1. The average Bonchev–Trinajstić information content (AvgIpc) is 3.11. The monoisotopic (exact) mass is 440 g/mol. The molecule has 1 aliphatic rings. The number of methoxy groups -OCH3 is 1. The van der Waals surface area contributed by atoms with Crippen molar-refractivity contribution in [2.24, 2.45) is 4.99 Å². The molecule has 0 bridgehead atoms. The lowest BCUT2D eigenvalue weighted by atomic mass is 10.1. The van der Waals surface area contributed by atoms with Gasteiger partial charge in [-0.3, -0.25) is 4.79 Å². The van der Waals surface area contributed by atoms with Gasteiger partial charge in [-0.05, 0) is 66.1 Å². The van der Waals surface area contributed by atoms with Crippen LogP contribution in [0.15, 0.2) is 52.4 Å². The third kappa shape index (κ3) is 5.67. The predicted molar refractivity (Wildman–Crippen MR) is 122 cm³/mol. The maximum absolute atomic E-state index is 12.4. The predicted octanol–water partition coefficient (Wildman–Crippen LogP) is 4.39. The second-order valence-corrected chi connectivity index (χ2v) is 7.80. The second-order valence-electron chi connectivity index (χ2n) is 6.77. The lowest BCUT2D eigenvalue weighted by Crippen LogP contribution is -2.26. The van der Waals surface area contributed by atoms with Crippen molar-refractivity contribution in [3.05, 3.63) is 58.5 Å². The Morgan fingerprint density at radius 2 is 1.94 bits per heavy atom. The first kappa shape index (κ1) is 22.4. The summed E-state index contributed by atoms with van der Waals surface area (Å²) in [5, 5.41) is 12.5. The van der Waals surface area contributed by atoms with Gasteiger partial charge in [0.2, 0.25) is 0 Å². The molecular weight excluding hydrogens is 416 g/mol. The number of hydrogen-bond acceptors (Lipinski definition) is 6. The van der Waals surface area contributed by atoms with E-state index in [1.165, 1.54) is 24.4 Å². The summed E-state index contributed by atoms with van der Waals surface area (Å²) in [6.45, 7) is 3.82. The fourth-order valence-corrected chi connectivity index (χ4v) is 3.73. The fraction of sp³-hybridized carbons (Fsp3) is 0.261. The van der Waals surface area contributed by atoms with Crippen LogP contribution in [0.3, 0.4) is 0 Å². The normalized spacial score (nSPS) is 16.9. The number of ether oxygens (including phenoxy) is 2. The van der Waals surface area contributed by atoms with E-state index in [4.69, 9.17) is 9.47 Å². The Labute approximate surface area is 185 Å². The first-order valence-corrected chi connectivity index (χ1v) is 10.7. The molecule has 0 spiro atoms. The smallest absolute Gasteiger partial charge is 0.344 e. The van der Waals surface area contributed by atoms with Gasteiger partial charge in [-0.2, -0.15) is 0 Å². The van der Waals surface area contributed by atoms with Crippen LogP contribution in [-0.2, 0) is 16.0 Å². The maximum atomic E-state index is 12.4. The minimum absolute atomic E-state index is 0.231. The van der Waals surface area contributed by atoms with Gasteiger partial charge in [0.1, 0.15) is 0 Å². The van der Waals surface area contributed by atoms with E-state index in [0.29, 0.717) is 28.0 Å². The molecule has 1 heterocycles. The summed E-state index contributed by atoms with van der Waals surface area (Å²) in [6, 6.07) is 12.9. The Hall–Kier alpha value is -3.26. The molecule has 1 saturated heterocycles. The highest BCUT2D eigenvalue weighted by atomic mass is 32.2. The van der Waals surface area contributed by atoms with Gasteiger partial charge in [0.05, 0.1) is 17.7 Å². The summed E-state index contributed by atoms with van der Waals surface area (Å²) in [4.78, 5) is 28.6. The Kier molecular flexibility index (Phi) is 7.36. The molecule has 162 valence electrons. The zero-order chi connectivity index (χ0) is 22.4. The summed E-state index contributed by atoms with van der Waals surface area (Å²) in [6.07, 6.45) is 2.05. The first-order valence-electron chi connectivity index (χ1n) is 9.89. The Balaban J connectivity index is 1.78. The van der Waals surface area contributed by atoms with E-state index in [2.05, 4.69) is 17.2 Å². The van der Waals surface area contributed by atoms with Gasteiger partial charge in [0.15, 0.2) is 22.8 Å². The molecule has 7 nitrogen and oxygen atoms in total. The van der Waals surface area contributed by atoms with Crippen LogP contribution < -0.4 is 14.8 Å². The van der Waals surface area contributed by atoms with Crippen molar-refractivity contribution >= 4 is 40.6 Å². The zero-order valence-corrected chi connectivity index (χ0v) is 18.4. The van der Waals surface area contributed by atoms with Crippen LogP contribution in [0.5, 0.6) is 11.5 Å². The summed E-state index contributed by atoms with van der Waals surface area (Å²) in [7, 11) is 1.48. The highest BCUT2D eigenvalue weighted by Gasteiger charge is 2.24. The fourth-order valence-electron chi connectivity index (χ4n) is 2.89. The zero-order valence-electron chi connectivity index (χ0n) is 17.5. The van der Waals surface area contributed by atoms with E-state index >= 15 is 0 Å². The van der Waals surface area contributed by atoms with Crippen LogP contribution >= 0.6 is 11.8 Å². The number of amides is 1. The van der Waals surface area contributed by atoms with Gasteiger partial charge >= 0.3 is 5.97 Å². The Morgan fingerprint density at radius 3 is 2.55 bits per heavy atom. The molecule has 2 N–H and O–H groups in total. The number of aryl methyl sites for hydroxylation is 1. The van der Waals surface area contributed by atoms with Crippen LogP contribution in [0.1, 0.15) is 31.4 Å². The number of carboxylic acid groups (broad SMARTS) is 1. The first-order chi connectivity index (χ1) is 14.9. The minimum atomic E-state index is -1.04. The lowest BCUT2D eigenvalue weighted by molar-refractivity contribution is -0.145. The molecule has 0 aromatic heterocycles. The Morgan fingerprint density at radius 1 is 1.19 bits per heavy atom. The number of carbonyl (C=O) groups is 2. The van der Waals surface area contributed by atoms with Gasteiger partial charge in [-0.1, -0.05) is 32.0 Å². The topological polar surface area (TPSA) is 97.2 Å². The molecule has 1 atom stereocenters. The third-order valence-electron chi connectivity index (χ3n) is 4.63. The molecule has 2 aromatic carbocycles. The molecule has 1 fully saturated rings. The standard InChI is InChI=1S/C23H24N2O5S/c1-4-14-6-9-16(10-7-14)24-23-25-21(26)20(31-23)13-15-8-11-18(19(12-15)29-3)30-17(5-2)22(27)28/h6-13,17H,4-5H2,1-3H3,(H,27,28)(H,24,25,26)/b20-13+. The van der Waals surface area contributed by atoms with Crippen molar-refractivity contribution in [3.63, 3.8) is 0 Å². The summed E-state index contributed by atoms with van der Waals surface area (Å²) in [5.74, 6) is -0.543. The summed E-state index contributed by atoms with van der Waals surface area (Å²) >= 11 is 1.25. The van der Waals surface area contributed by atoms with Crippen LogP contribution in [0, 0.1) is 0 Å². The molecule has 31 heavy (non-hydrogen) atoms. The van der Waals surface area contributed by atoms with Gasteiger partial charge in [0, 0.05) is 0 Å². The highest BCUT2D eigenvalue weighted by Crippen LogP contribution is 2.33. The SMILES string of the molecule is CCc1ccc(N=C2NC(=O)/C(=C\c3ccc(OC(CC)C(=O)O)c(OC)c3)S2)cc1. The molecule has 8 heteroatoms. The van der Waals surface area contributed by atoms with Crippen molar-refractivity contribution in [1.29, 1.82) is 0 Å². The molecule has 0 saturated carbocycles. The van der Waals surface area contributed by atoms with Crippen LogP contribution in [0.2, 0.25) is 0 Å². The van der Waals surface area contributed by atoms with E-state index in [0.717, 1.165) is 17.7 Å². The highest BCUT2D eigenvalue weighted by molar-refractivity contribution is 8.18. The number of hydrogen-bond donors (Lipinski definition) is 2. The molecule has 1 amide bonds. The van der Waals surface area contributed by atoms with Crippen molar-refractivity contribution < 1.29 is 24.2 Å². The van der Waals surface area contributed by atoms with E-state index in [9.17, 15) is 14.7 Å². The van der Waals surface area contributed by atoms with Crippen molar-refractivity contribution in [1.82, 2.24) is 5.32 Å². The molecule has 0 aliphatic carbocycles. The number of nitrogens with zero attached hydrogens (tertiary/aromatic N) is 1. The van der Waals surface area contributed by atoms with Gasteiger partial charge in [-0.15, -0.1) is 0 Å². The van der Waals surface area contributed by atoms with E-state index in [-0.39, 0.29) is 5.91 Å². The number of aliphatic imine (C=N–C) groups is 1. The molecule has 2 aromatic rings. The van der Waals surface area contributed by atoms with E-state index in [1.807, 2.05) is 24.3 Å². The number of amidine groups is 1. The summed E-state index contributed by atoms with van der Waals surface area (Å²) in [5.41, 5.74) is 2.72. The summed E-state index contributed by atoms with van der Waals surface area (Å²) < 4.78 is 10.9. The maximum Gasteiger partial charge on any atom is 0.344 e. The van der Waals surface area contributed by atoms with E-state index < -0.39 is 12.1 Å². The van der Waals surface area contributed by atoms with Crippen LogP contribution in [0.25, 0.3) is 6.08 Å². The average molecular weight is 441 g/mol. The van der Waals surface area contributed by atoms with Gasteiger partial charge in [0.25, 0.3) is 5.91 Å².